The first kappa shape index (κ1) is 25.3. The maximum Gasteiger partial charge on any atom is 0.227 e. The fourth-order valence-corrected chi connectivity index (χ4v) is 5.43. The van der Waals surface area contributed by atoms with Gasteiger partial charge in [-0.15, -0.1) is 23.1 Å². The third-order valence-corrected chi connectivity index (χ3v) is 7.53. The highest BCUT2D eigenvalue weighted by Gasteiger charge is 2.22. The molecule has 0 saturated carbocycles. The molecule has 10 heteroatoms. The SMILES string of the molecule is CSc1sc(-c2ccnc(Nc3cccc(NC(=O)CCN(C)C)c3)n2)c(-c2cccnc2)c1C#N. The van der Waals surface area contributed by atoms with Crippen LogP contribution in [0, 0.1) is 11.3 Å². The largest absolute Gasteiger partial charge is 0.326 e. The molecule has 8 nitrogen and oxygen atoms in total. The van der Waals surface area contributed by atoms with E-state index in [-0.39, 0.29) is 5.91 Å². The van der Waals surface area contributed by atoms with Gasteiger partial charge in [0.1, 0.15) is 6.07 Å². The number of nitriles is 1. The molecule has 4 rings (SSSR count). The van der Waals surface area contributed by atoms with E-state index < -0.39 is 0 Å². The summed E-state index contributed by atoms with van der Waals surface area (Å²) in [6, 6.07) is 15.4. The van der Waals surface area contributed by atoms with Crippen LogP contribution in [0.3, 0.4) is 0 Å². The molecule has 0 bridgehead atoms. The number of amides is 1. The molecule has 3 aromatic heterocycles. The summed E-state index contributed by atoms with van der Waals surface area (Å²) in [5.41, 5.74) is 4.47. The number of pyridine rings is 1. The number of nitrogens with zero attached hydrogens (tertiary/aromatic N) is 5. The van der Waals surface area contributed by atoms with Crippen LogP contribution >= 0.6 is 23.1 Å². The number of nitrogens with one attached hydrogen (secondary N) is 2. The van der Waals surface area contributed by atoms with Gasteiger partial charge in [0.2, 0.25) is 11.9 Å². The molecule has 0 spiro atoms. The van der Waals surface area contributed by atoms with E-state index in [0.29, 0.717) is 35.9 Å². The number of aromatic nitrogens is 3. The van der Waals surface area contributed by atoms with E-state index in [2.05, 4.69) is 26.7 Å². The Kier molecular flexibility index (Phi) is 8.28. The second kappa shape index (κ2) is 11.8. The minimum Gasteiger partial charge on any atom is -0.326 e. The van der Waals surface area contributed by atoms with Crippen LogP contribution in [0.1, 0.15) is 12.0 Å². The number of hydrogen-bond acceptors (Lipinski definition) is 9. The Bertz CT molecular complexity index is 1400. The highest BCUT2D eigenvalue weighted by atomic mass is 32.2. The lowest BCUT2D eigenvalue weighted by molar-refractivity contribution is -0.116. The van der Waals surface area contributed by atoms with E-state index in [1.54, 1.807) is 30.4 Å². The summed E-state index contributed by atoms with van der Waals surface area (Å²) in [6.45, 7) is 0.680. The zero-order chi connectivity index (χ0) is 25.5. The average molecular weight is 516 g/mol. The van der Waals surface area contributed by atoms with Crippen LogP contribution in [0.5, 0.6) is 0 Å². The van der Waals surface area contributed by atoms with E-state index >= 15 is 0 Å². The van der Waals surface area contributed by atoms with Crippen molar-refractivity contribution in [3.63, 3.8) is 0 Å². The van der Waals surface area contributed by atoms with Gasteiger partial charge in [-0.25, -0.2) is 9.97 Å². The van der Waals surface area contributed by atoms with Gasteiger partial charge >= 0.3 is 0 Å². The number of hydrogen-bond donors (Lipinski definition) is 2. The molecular formula is C26H25N7OS2. The van der Waals surface area contributed by atoms with Crippen LogP contribution in [-0.4, -0.2) is 52.7 Å². The topological polar surface area (TPSA) is 107 Å². The normalized spacial score (nSPS) is 10.8. The Morgan fingerprint density at radius 1 is 1.17 bits per heavy atom. The summed E-state index contributed by atoms with van der Waals surface area (Å²) in [7, 11) is 3.87. The van der Waals surface area contributed by atoms with Gasteiger partial charge in [-0.1, -0.05) is 12.1 Å². The molecule has 1 aromatic carbocycles. The van der Waals surface area contributed by atoms with Gasteiger partial charge in [0.15, 0.2) is 0 Å². The van der Waals surface area contributed by atoms with Gasteiger partial charge in [0.25, 0.3) is 0 Å². The minimum atomic E-state index is -0.0439. The molecule has 0 saturated heterocycles. The molecule has 36 heavy (non-hydrogen) atoms. The molecule has 4 aromatic rings. The standard InChI is InChI=1S/C26H25N7OS2/c1-33(2)13-10-22(34)30-18-7-4-8-19(14-18)31-26-29-12-9-21(32-26)24-23(17-6-5-11-28-16-17)20(15-27)25(35-3)36-24/h4-9,11-12,14,16H,10,13H2,1-3H3,(H,30,34)(H,29,31,32). The van der Waals surface area contributed by atoms with Crippen molar-refractivity contribution in [2.45, 2.75) is 10.6 Å². The Balaban J connectivity index is 1.61. The van der Waals surface area contributed by atoms with Crippen LogP contribution < -0.4 is 10.6 Å². The third-order valence-electron chi connectivity index (χ3n) is 5.20. The van der Waals surface area contributed by atoms with Crippen molar-refractivity contribution in [1.29, 1.82) is 5.26 Å². The molecule has 0 radical (unpaired) electrons. The van der Waals surface area contributed by atoms with Gasteiger partial charge in [-0.05, 0) is 50.7 Å². The Hall–Kier alpha value is -3.78. The molecule has 0 aliphatic rings. The van der Waals surface area contributed by atoms with Gasteiger partial charge in [-0.3, -0.25) is 9.78 Å². The Morgan fingerprint density at radius 3 is 2.72 bits per heavy atom. The zero-order valence-electron chi connectivity index (χ0n) is 20.1. The fourth-order valence-electron chi connectivity index (χ4n) is 3.52. The lowest BCUT2D eigenvalue weighted by atomic mass is 10.0. The van der Waals surface area contributed by atoms with Crippen LogP contribution in [0.4, 0.5) is 17.3 Å². The maximum absolute atomic E-state index is 12.2. The van der Waals surface area contributed by atoms with Crippen molar-refractivity contribution in [3.05, 3.63) is 66.6 Å². The molecule has 0 aliphatic heterocycles. The van der Waals surface area contributed by atoms with Crippen molar-refractivity contribution in [1.82, 2.24) is 19.9 Å². The summed E-state index contributed by atoms with van der Waals surface area (Å²) in [5, 5.41) is 16.0. The summed E-state index contributed by atoms with van der Waals surface area (Å²) in [6.07, 6.45) is 7.54. The zero-order valence-corrected chi connectivity index (χ0v) is 21.8. The van der Waals surface area contributed by atoms with Crippen molar-refractivity contribution in [3.8, 4) is 27.8 Å². The molecule has 0 fully saturated rings. The van der Waals surface area contributed by atoms with Crippen LogP contribution in [0.2, 0.25) is 0 Å². The predicted octanol–water partition coefficient (Wildman–Crippen LogP) is 5.49. The fraction of sp³-hybridized carbons (Fsp3) is 0.192. The number of carbonyl (C=O) groups is 1. The summed E-state index contributed by atoms with van der Waals surface area (Å²) >= 11 is 3.08. The number of carbonyl (C=O) groups excluding carboxylic acids is 1. The Morgan fingerprint density at radius 2 is 2.00 bits per heavy atom. The van der Waals surface area contributed by atoms with Crippen molar-refractivity contribution in [2.75, 3.05) is 37.5 Å². The lowest BCUT2D eigenvalue weighted by Gasteiger charge is -2.11. The van der Waals surface area contributed by atoms with E-state index in [9.17, 15) is 10.1 Å². The van der Waals surface area contributed by atoms with Gasteiger partial charge in [0, 0.05) is 54.1 Å². The maximum atomic E-state index is 12.2. The van der Waals surface area contributed by atoms with E-state index in [4.69, 9.17) is 4.98 Å². The number of thiophene rings is 1. The number of thioether (sulfide) groups is 1. The molecule has 182 valence electrons. The summed E-state index contributed by atoms with van der Waals surface area (Å²) in [5.74, 6) is 0.371. The minimum absolute atomic E-state index is 0.0439. The van der Waals surface area contributed by atoms with E-state index in [1.807, 2.05) is 67.7 Å². The third kappa shape index (κ3) is 6.07. The summed E-state index contributed by atoms with van der Waals surface area (Å²) in [4.78, 5) is 28.4. The molecule has 0 atom stereocenters. The van der Waals surface area contributed by atoms with Gasteiger partial charge < -0.3 is 15.5 Å². The molecular weight excluding hydrogens is 490 g/mol. The van der Waals surface area contributed by atoms with Crippen LogP contribution in [-0.2, 0) is 4.79 Å². The predicted molar refractivity (Wildman–Crippen MR) is 147 cm³/mol. The molecule has 0 aliphatic carbocycles. The van der Waals surface area contributed by atoms with Crippen molar-refractivity contribution >= 4 is 46.3 Å². The number of benzene rings is 1. The van der Waals surface area contributed by atoms with Gasteiger partial charge in [0.05, 0.1) is 20.3 Å². The molecule has 1 amide bonds. The highest BCUT2D eigenvalue weighted by Crippen LogP contribution is 2.45. The van der Waals surface area contributed by atoms with E-state index in [0.717, 1.165) is 25.9 Å². The molecule has 2 N–H and O–H groups in total. The van der Waals surface area contributed by atoms with Gasteiger partial charge in [-0.2, -0.15) is 5.26 Å². The average Bonchev–Trinajstić information content (AvgIpc) is 3.27. The van der Waals surface area contributed by atoms with E-state index in [1.165, 1.54) is 11.3 Å². The van der Waals surface area contributed by atoms with Crippen molar-refractivity contribution in [2.24, 2.45) is 0 Å². The second-order valence-electron chi connectivity index (χ2n) is 8.10. The smallest absolute Gasteiger partial charge is 0.227 e. The van der Waals surface area contributed by atoms with Crippen LogP contribution in [0.25, 0.3) is 21.7 Å². The Labute approximate surface area is 218 Å². The monoisotopic (exact) mass is 515 g/mol. The number of anilines is 3. The lowest BCUT2D eigenvalue weighted by Crippen LogP contribution is -2.20. The second-order valence-corrected chi connectivity index (χ2v) is 10.2. The first-order valence-corrected chi connectivity index (χ1v) is 13.2. The van der Waals surface area contributed by atoms with Crippen LogP contribution in [0.15, 0.2) is 65.3 Å². The highest BCUT2D eigenvalue weighted by molar-refractivity contribution is 8.00. The quantitative estimate of drug-likeness (QED) is 0.282. The first-order valence-electron chi connectivity index (χ1n) is 11.1. The molecule has 3 heterocycles. The molecule has 0 unspecified atom stereocenters. The first-order chi connectivity index (χ1) is 17.5. The van der Waals surface area contributed by atoms with Crippen molar-refractivity contribution < 1.29 is 4.79 Å². The summed E-state index contributed by atoms with van der Waals surface area (Å²) < 4.78 is 0.928. The number of rotatable bonds is 9.